The molecule has 1 aliphatic carbocycles. The van der Waals surface area contributed by atoms with E-state index in [0.717, 1.165) is 5.56 Å². The van der Waals surface area contributed by atoms with E-state index in [1.165, 1.54) is 20.0 Å². The Labute approximate surface area is 142 Å². The van der Waals surface area contributed by atoms with E-state index in [0.29, 0.717) is 17.4 Å². The molecule has 0 spiro atoms. The lowest BCUT2D eigenvalue weighted by molar-refractivity contribution is -0.126. The number of benzene rings is 1. The second kappa shape index (κ2) is 7.86. The monoisotopic (exact) mass is 332 g/mol. The lowest BCUT2D eigenvalue weighted by Crippen LogP contribution is -2.35. The number of methoxy groups -OCH3 is 1. The van der Waals surface area contributed by atoms with Crippen molar-refractivity contribution in [2.75, 3.05) is 20.8 Å². The summed E-state index contributed by atoms with van der Waals surface area (Å²) in [5.41, 5.74) is 5.87. The number of likely N-dealkylation sites (N-methyl/N-ethyl adjacent to an activating group) is 1. The van der Waals surface area contributed by atoms with E-state index in [1.54, 1.807) is 35.3 Å². The molecule has 2 amide bonds. The van der Waals surface area contributed by atoms with Gasteiger partial charge in [0.15, 0.2) is 18.1 Å². The van der Waals surface area contributed by atoms with E-state index in [4.69, 9.17) is 15.2 Å². The highest BCUT2D eigenvalue weighted by Crippen LogP contribution is 2.34. The van der Waals surface area contributed by atoms with Gasteiger partial charge in [-0.15, -0.1) is 0 Å². The fourth-order valence-electron chi connectivity index (χ4n) is 2.44. The Bertz CT molecular complexity index is 638. The van der Waals surface area contributed by atoms with E-state index >= 15 is 0 Å². The van der Waals surface area contributed by atoms with Gasteiger partial charge in [-0.05, 0) is 49.5 Å². The van der Waals surface area contributed by atoms with Crippen LogP contribution >= 0.6 is 0 Å². The number of primary amides is 1. The second-order valence-electron chi connectivity index (χ2n) is 6.03. The minimum atomic E-state index is -0.556. The van der Waals surface area contributed by atoms with Gasteiger partial charge in [0.2, 0.25) is 5.91 Å². The Morgan fingerprint density at radius 2 is 2.08 bits per heavy atom. The lowest BCUT2D eigenvalue weighted by Gasteiger charge is -2.23. The minimum Gasteiger partial charge on any atom is -0.493 e. The Morgan fingerprint density at radius 1 is 1.38 bits per heavy atom. The fraction of sp³-hybridized carbons (Fsp3) is 0.444. The molecule has 24 heavy (non-hydrogen) atoms. The molecule has 1 saturated carbocycles. The molecule has 0 aliphatic heterocycles. The zero-order valence-electron chi connectivity index (χ0n) is 14.3. The Morgan fingerprint density at radius 3 is 2.67 bits per heavy atom. The minimum absolute atomic E-state index is 0.0255. The van der Waals surface area contributed by atoms with Crippen LogP contribution in [0.15, 0.2) is 24.3 Å². The molecule has 1 unspecified atom stereocenters. The van der Waals surface area contributed by atoms with Crippen LogP contribution in [0.2, 0.25) is 0 Å². The number of carbonyl (C=O) groups excluding carboxylic acids is 2. The van der Waals surface area contributed by atoms with Crippen LogP contribution in [0.1, 0.15) is 25.3 Å². The van der Waals surface area contributed by atoms with E-state index in [1.807, 2.05) is 7.05 Å². The number of hydrogen-bond acceptors (Lipinski definition) is 4. The molecule has 2 rings (SSSR count). The molecule has 0 bridgehead atoms. The number of nitrogens with zero attached hydrogens (tertiary/aromatic N) is 1. The van der Waals surface area contributed by atoms with Gasteiger partial charge in [0.1, 0.15) is 0 Å². The SMILES string of the molecule is COc1cc(/C=C/C(=O)N(C)C(C)C2CC2)ccc1OCC(N)=O. The summed E-state index contributed by atoms with van der Waals surface area (Å²) in [6.45, 7) is 1.87. The summed E-state index contributed by atoms with van der Waals surface area (Å²) in [6.07, 6.45) is 5.69. The Kier molecular flexibility index (Phi) is 5.84. The highest BCUT2D eigenvalue weighted by atomic mass is 16.5. The molecule has 6 nitrogen and oxygen atoms in total. The predicted octanol–water partition coefficient (Wildman–Crippen LogP) is 1.83. The third-order valence-electron chi connectivity index (χ3n) is 4.24. The van der Waals surface area contributed by atoms with Crippen molar-refractivity contribution in [3.8, 4) is 11.5 Å². The van der Waals surface area contributed by atoms with E-state index in [2.05, 4.69) is 6.92 Å². The molecule has 2 N–H and O–H groups in total. The van der Waals surface area contributed by atoms with Gasteiger partial charge in [-0.1, -0.05) is 6.07 Å². The second-order valence-corrected chi connectivity index (χ2v) is 6.03. The zero-order chi connectivity index (χ0) is 17.7. The quantitative estimate of drug-likeness (QED) is 0.736. The van der Waals surface area contributed by atoms with Crippen molar-refractivity contribution >= 4 is 17.9 Å². The number of amides is 2. The van der Waals surface area contributed by atoms with Crippen LogP contribution in [-0.4, -0.2) is 43.5 Å². The average Bonchev–Trinajstić information content (AvgIpc) is 3.41. The standard InChI is InChI=1S/C18H24N2O4/c1-12(14-6-7-14)20(2)18(22)9-5-13-4-8-15(16(10-13)23-3)24-11-17(19)21/h4-5,8-10,12,14H,6-7,11H2,1-3H3,(H2,19,21)/b9-5+. The van der Waals surface area contributed by atoms with Crippen LogP contribution in [0.5, 0.6) is 11.5 Å². The van der Waals surface area contributed by atoms with E-state index < -0.39 is 5.91 Å². The highest BCUT2D eigenvalue weighted by Gasteiger charge is 2.31. The van der Waals surface area contributed by atoms with Crippen LogP contribution in [0.25, 0.3) is 6.08 Å². The van der Waals surface area contributed by atoms with Gasteiger partial charge in [-0.2, -0.15) is 0 Å². The van der Waals surface area contributed by atoms with Crippen molar-refractivity contribution in [1.29, 1.82) is 0 Å². The topological polar surface area (TPSA) is 81.9 Å². The maximum Gasteiger partial charge on any atom is 0.255 e. The van der Waals surface area contributed by atoms with Crippen LogP contribution in [0, 0.1) is 5.92 Å². The van der Waals surface area contributed by atoms with Crippen molar-refractivity contribution in [1.82, 2.24) is 4.90 Å². The van der Waals surface area contributed by atoms with Crippen molar-refractivity contribution < 1.29 is 19.1 Å². The van der Waals surface area contributed by atoms with Crippen molar-refractivity contribution in [3.63, 3.8) is 0 Å². The van der Waals surface area contributed by atoms with E-state index in [-0.39, 0.29) is 18.6 Å². The normalized spacial score (nSPS) is 15.1. The van der Waals surface area contributed by atoms with Gasteiger partial charge in [0.05, 0.1) is 7.11 Å². The molecular formula is C18H24N2O4. The molecular weight excluding hydrogens is 308 g/mol. The summed E-state index contributed by atoms with van der Waals surface area (Å²) in [7, 11) is 3.34. The summed E-state index contributed by atoms with van der Waals surface area (Å²) in [5, 5.41) is 0. The van der Waals surface area contributed by atoms with Crippen molar-refractivity contribution in [2.24, 2.45) is 11.7 Å². The molecule has 6 heteroatoms. The Hall–Kier alpha value is -2.50. The number of rotatable bonds is 8. The number of ether oxygens (including phenoxy) is 2. The van der Waals surface area contributed by atoms with Crippen LogP contribution < -0.4 is 15.2 Å². The molecule has 1 fully saturated rings. The first-order valence-electron chi connectivity index (χ1n) is 7.96. The van der Waals surface area contributed by atoms with Gasteiger partial charge in [0.25, 0.3) is 5.91 Å². The average molecular weight is 332 g/mol. The highest BCUT2D eigenvalue weighted by molar-refractivity contribution is 5.92. The number of carbonyl (C=O) groups is 2. The smallest absolute Gasteiger partial charge is 0.255 e. The molecule has 1 aromatic carbocycles. The summed E-state index contributed by atoms with van der Waals surface area (Å²) >= 11 is 0. The van der Waals surface area contributed by atoms with E-state index in [9.17, 15) is 9.59 Å². The van der Waals surface area contributed by atoms with Gasteiger partial charge in [-0.25, -0.2) is 0 Å². The van der Waals surface area contributed by atoms with Gasteiger partial charge in [-0.3, -0.25) is 9.59 Å². The predicted molar refractivity (Wildman–Crippen MR) is 91.7 cm³/mol. The largest absolute Gasteiger partial charge is 0.493 e. The maximum absolute atomic E-state index is 12.2. The summed E-state index contributed by atoms with van der Waals surface area (Å²) in [6, 6.07) is 5.47. The first kappa shape index (κ1) is 17.8. The maximum atomic E-state index is 12.2. The molecule has 0 aromatic heterocycles. The Balaban J connectivity index is 2.03. The molecule has 0 saturated heterocycles. The number of hydrogen-bond donors (Lipinski definition) is 1. The van der Waals surface area contributed by atoms with Crippen molar-refractivity contribution in [3.05, 3.63) is 29.8 Å². The molecule has 1 aliphatic rings. The summed E-state index contributed by atoms with van der Waals surface area (Å²) < 4.78 is 10.5. The van der Waals surface area contributed by atoms with Gasteiger partial charge < -0.3 is 20.1 Å². The summed E-state index contributed by atoms with van der Waals surface area (Å²) in [5.74, 6) is 0.959. The van der Waals surface area contributed by atoms with Crippen LogP contribution in [0.3, 0.4) is 0 Å². The van der Waals surface area contributed by atoms with Crippen LogP contribution in [-0.2, 0) is 9.59 Å². The molecule has 130 valence electrons. The van der Waals surface area contributed by atoms with Crippen LogP contribution in [0.4, 0.5) is 0 Å². The van der Waals surface area contributed by atoms with Gasteiger partial charge >= 0.3 is 0 Å². The first-order chi connectivity index (χ1) is 11.4. The third kappa shape index (κ3) is 4.75. The molecule has 1 aromatic rings. The number of nitrogens with two attached hydrogens (primary N) is 1. The third-order valence-corrected chi connectivity index (χ3v) is 4.24. The summed E-state index contributed by atoms with van der Waals surface area (Å²) in [4.78, 5) is 24.8. The van der Waals surface area contributed by atoms with Gasteiger partial charge in [0, 0.05) is 19.2 Å². The lowest BCUT2D eigenvalue weighted by atomic mass is 10.1. The first-order valence-corrected chi connectivity index (χ1v) is 7.96. The fourth-order valence-corrected chi connectivity index (χ4v) is 2.44. The molecule has 0 radical (unpaired) electrons. The van der Waals surface area contributed by atoms with Crippen molar-refractivity contribution in [2.45, 2.75) is 25.8 Å². The molecule has 0 heterocycles. The molecule has 1 atom stereocenters. The zero-order valence-corrected chi connectivity index (χ0v) is 14.3.